The second-order valence-electron chi connectivity index (χ2n) is 17.8. The van der Waals surface area contributed by atoms with Crippen LogP contribution in [0, 0.1) is 0 Å². The highest BCUT2D eigenvalue weighted by atomic mass is 16.3. The molecule has 5 heteroatoms. The summed E-state index contributed by atoms with van der Waals surface area (Å²) in [5.74, 6) is -0.283. The standard InChI is InChI=1S/C52H101NO4/c1-3-5-7-9-11-13-14-15-16-17-18-19-20-21-22-23-24-25-26-27-28-29-30-31-32-33-34-35-36-38-39-41-43-45-49(55)47-52(57)53-50(48-54)51(56)46-44-42-40-37-12-10-8-6-4-2/h20-21,23-24,49-51,54-56H,3-19,22,25-48H2,1-2H3,(H,53,57)/b21-20-,24-23-. The van der Waals surface area contributed by atoms with Crippen molar-refractivity contribution in [3.8, 4) is 0 Å². The molecule has 0 aromatic carbocycles. The molecule has 3 unspecified atom stereocenters. The van der Waals surface area contributed by atoms with Crippen LogP contribution in [-0.2, 0) is 4.79 Å². The Morgan fingerprint density at radius 3 is 1.11 bits per heavy atom. The highest BCUT2D eigenvalue weighted by Gasteiger charge is 2.21. The summed E-state index contributed by atoms with van der Waals surface area (Å²) in [4.78, 5) is 12.4. The summed E-state index contributed by atoms with van der Waals surface area (Å²) in [6.45, 7) is 4.25. The number of unbranched alkanes of at least 4 members (excludes halogenated alkanes) is 34. The van der Waals surface area contributed by atoms with Gasteiger partial charge < -0.3 is 20.6 Å². The zero-order chi connectivity index (χ0) is 41.5. The summed E-state index contributed by atoms with van der Waals surface area (Å²) in [6, 6.07) is -0.654. The number of hydrogen-bond donors (Lipinski definition) is 4. The van der Waals surface area contributed by atoms with Crippen molar-refractivity contribution < 1.29 is 20.1 Å². The molecule has 0 radical (unpaired) electrons. The van der Waals surface area contributed by atoms with Gasteiger partial charge in [-0.2, -0.15) is 0 Å². The first-order valence-electron chi connectivity index (χ1n) is 25.6. The van der Waals surface area contributed by atoms with Gasteiger partial charge in [0.25, 0.3) is 0 Å². The van der Waals surface area contributed by atoms with E-state index in [1.165, 1.54) is 212 Å². The van der Waals surface area contributed by atoms with Crippen LogP contribution in [0.2, 0.25) is 0 Å². The third kappa shape index (κ3) is 44.2. The summed E-state index contributed by atoms with van der Waals surface area (Å²) < 4.78 is 0. The quantitative estimate of drug-likeness (QED) is 0.0364. The third-order valence-electron chi connectivity index (χ3n) is 12.0. The maximum absolute atomic E-state index is 12.4. The van der Waals surface area contributed by atoms with E-state index in [4.69, 9.17) is 0 Å². The van der Waals surface area contributed by atoms with Crippen LogP contribution in [0.3, 0.4) is 0 Å². The minimum atomic E-state index is -0.745. The third-order valence-corrected chi connectivity index (χ3v) is 12.0. The fourth-order valence-electron chi connectivity index (χ4n) is 8.08. The van der Waals surface area contributed by atoms with E-state index in [2.05, 4.69) is 43.5 Å². The first kappa shape index (κ1) is 55.8. The van der Waals surface area contributed by atoms with Gasteiger partial charge in [0.15, 0.2) is 0 Å². The van der Waals surface area contributed by atoms with Crippen molar-refractivity contribution in [2.24, 2.45) is 0 Å². The average molecular weight is 804 g/mol. The highest BCUT2D eigenvalue weighted by molar-refractivity contribution is 5.76. The van der Waals surface area contributed by atoms with Gasteiger partial charge in [0.1, 0.15) is 0 Å². The fourth-order valence-corrected chi connectivity index (χ4v) is 8.08. The molecule has 0 saturated heterocycles. The molecule has 0 aliphatic heterocycles. The normalized spacial score (nSPS) is 13.6. The smallest absolute Gasteiger partial charge is 0.222 e. The lowest BCUT2D eigenvalue weighted by Gasteiger charge is -2.23. The summed E-state index contributed by atoms with van der Waals surface area (Å²) >= 11 is 0. The number of carbonyl (C=O) groups excluding carboxylic acids is 1. The molecule has 0 rings (SSSR count). The molecule has 4 N–H and O–H groups in total. The van der Waals surface area contributed by atoms with Gasteiger partial charge in [-0.1, -0.05) is 250 Å². The molecule has 1 amide bonds. The summed E-state index contributed by atoms with van der Waals surface area (Å²) in [7, 11) is 0. The van der Waals surface area contributed by atoms with E-state index in [0.29, 0.717) is 12.8 Å². The molecule has 0 aromatic heterocycles. The van der Waals surface area contributed by atoms with Crippen LogP contribution in [0.1, 0.15) is 277 Å². The maximum Gasteiger partial charge on any atom is 0.222 e. The molecule has 57 heavy (non-hydrogen) atoms. The van der Waals surface area contributed by atoms with Gasteiger partial charge >= 0.3 is 0 Å². The Balaban J connectivity index is 3.46. The fraction of sp³-hybridized carbons (Fsp3) is 0.904. The zero-order valence-electron chi connectivity index (χ0n) is 38.5. The lowest BCUT2D eigenvalue weighted by atomic mass is 10.0. The Morgan fingerprint density at radius 1 is 0.439 bits per heavy atom. The first-order chi connectivity index (χ1) is 28.0. The van der Waals surface area contributed by atoms with Crippen LogP contribution < -0.4 is 5.32 Å². The number of carbonyl (C=O) groups is 1. The lowest BCUT2D eigenvalue weighted by molar-refractivity contribution is -0.125. The van der Waals surface area contributed by atoms with Crippen LogP contribution in [0.4, 0.5) is 0 Å². The summed E-state index contributed by atoms with van der Waals surface area (Å²) in [5.41, 5.74) is 0. The summed E-state index contributed by atoms with van der Waals surface area (Å²) in [5, 5.41) is 33.3. The van der Waals surface area contributed by atoms with Gasteiger partial charge in [-0.05, 0) is 44.9 Å². The Hall–Kier alpha value is -1.17. The molecule has 0 heterocycles. The number of rotatable bonds is 47. The molecule has 0 aromatic rings. The van der Waals surface area contributed by atoms with Crippen molar-refractivity contribution in [2.45, 2.75) is 295 Å². The van der Waals surface area contributed by atoms with Crippen LogP contribution in [0.25, 0.3) is 0 Å². The molecular formula is C52H101NO4. The molecular weight excluding hydrogens is 703 g/mol. The second-order valence-corrected chi connectivity index (χ2v) is 17.8. The molecule has 0 fully saturated rings. The largest absolute Gasteiger partial charge is 0.394 e. The molecule has 0 spiro atoms. The van der Waals surface area contributed by atoms with Gasteiger partial charge in [0.05, 0.1) is 31.3 Å². The van der Waals surface area contributed by atoms with E-state index >= 15 is 0 Å². The molecule has 0 bridgehead atoms. The second kappa shape index (κ2) is 47.5. The van der Waals surface area contributed by atoms with Gasteiger partial charge in [-0.25, -0.2) is 0 Å². The Morgan fingerprint density at radius 2 is 0.754 bits per heavy atom. The number of allylic oxidation sites excluding steroid dienone is 4. The average Bonchev–Trinajstić information content (AvgIpc) is 3.20. The molecule has 0 aliphatic carbocycles. The minimum absolute atomic E-state index is 0.0383. The lowest BCUT2D eigenvalue weighted by Crippen LogP contribution is -2.46. The van der Waals surface area contributed by atoms with Crippen LogP contribution in [0.5, 0.6) is 0 Å². The van der Waals surface area contributed by atoms with Gasteiger partial charge in [0, 0.05) is 0 Å². The van der Waals surface area contributed by atoms with Crippen molar-refractivity contribution in [2.75, 3.05) is 6.61 Å². The number of aliphatic hydroxyl groups excluding tert-OH is 3. The predicted molar refractivity (Wildman–Crippen MR) is 250 cm³/mol. The number of nitrogens with one attached hydrogen (secondary N) is 1. The van der Waals surface area contributed by atoms with E-state index in [9.17, 15) is 20.1 Å². The SMILES string of the molecule is CCCCCCCCCCCCC/C=C\C/C=C\CCCCCCCCCCCCCCCCCC(O)CC(=O)NC(CO)C(O)CCCCCCCCCCC. The topological polar surface area (TPSA) is 89.8 Å². The molecule has 0 saturated carbocycles. The number of aliphatic hydroxyl groups is 3. The molecule has 0 aliphatic rings. The Kier molecular flexibility index (Phi) is 46.5. The molecule has 338 valence electrons. The van der Waals surface area contributed by atoms with Gasteiger partial charge in [-0.15, -0.1) is 0 Å². The van der Waals surface area contributed by atoms with E-state index in [1.54, 1.807) is 0 Å². The Labute approximate surface area is 356 Å². The monoisotopic (exact) mass is 804 g/mol. The number of amides is 1. The van der Waals surface area contributed by atoms with Crippen LogP contribution >= 0.6 is 0 Å². The van der Waals surface area contributed by atoms with E-state index in [0.717, 1.165) is 32.1 Å². The Bertz CT molecular complexity index is 844. The number of hydrogen-bond acceptors (Lipinski definition) is 4. The predicted octanol–water partition coefficient (Wildman–Crippen LogP) is 15.3. The van der Waals surface area contributed by atoms with E-state index in [1.807, 2.05) is 0 Å². The van der Waals surface area contributed by atoms with Gasteiger partial charge in [-0.3, -0.25) is 4.79 Å². The van der Waals surface area contributed by atoms with Crippen molar-refractivity contribution in [1.82, 2.24) is 5.32 Å². The molecule has 5 nitrogen and oxygen atoms in total. The van der Waals surface area contributed by atoms with Gasteiger partial charge in [0.2, 0.25) is 5.91 Å². The molecule has 3 atom stereocenters. The van der Waals surface area contributed by atoms with E-state index < -0.39 is 18.2 Å². The highest BCUT2D eigenvalue weighted by Crippen LogP contribution is 2.17. The van der Waals surface area contributed by atoms with Crippen molar-refractivity contribution in [3.05, 3.63) is 24.3 Å². The first-order valence-corrected chi connectivity index (χ1v) is 25.6. The van der Waals surface area contributed by atoms with Crippen LogP contribution in [0.15, 0.2) is 24.3 Å². The van der Waals surface area contributed by atoms with Crippen molar-refractivity contribution in [1.29, 1.82) is 0 Å². The maximum atomic E-state index is 12.4. The van der Waals surface area contributed by atoms with Crippen LogP contribution in [-0.4, -0.2) is 46.1 Å². The summed E-state index contributed by atoms with van der Waals surface area (Å²) in [6.07, 6.45) is 59.1. The van der Waals surface area contributed by atoms with E-state index in [-0.39, 0.29) is 18.9 Å². The van der Waals surface area contributed by atoms with Crippen molar-refractivity contribution >= 4 is 5.91 Å². The minimum Gasteiger partial charge on any atom is -0.394 e. The zero-order valence-corrected chi connectivity index (χ0v) is 38.5. The van der Waals surface area contributed by atoms with Crippen molar-refractivity contribution in [3.63, 3.8) is 0 Å².